The largest absolute Gasteiger partial charge is 0.492 e. The van der Waals surface area contributed by atoms with E-state index in [1.165, 1.54) is 23.1 Å². The van der Waals surface area contributed by atoms with Gasteiger partial charge in [-0.1, -0.05) is 35.2 Å². The molecule has 140 valence electrons. The van der Waals surface area contributed by atoms with Gasteiger partial charge in [-0.25, -0.2) is 0 Å². The van der Waals surface area contributed by atoms with Gasteiger partial charge in [-0.05, 0) is 31.9 Å². The van der Waals surface area contributed by atoms with Crippen molar-refractivity contribution >= 4 is 39.8 Å². The second-order valence-electron chi connectivity index (χ2n) is 5.66. The topological polar surface area (TPSA) is 85.4 Å². The van der Waals surface area contributed by atoms with Crippen LogP contribution in [0.15, 0.2) is 28.6 Å². The molecule has 7 nitrogen and oxygen atoms in total. The highest BCUT2D eigenvalue weighted by Crippen LogP contribution is 2.31. The van der Waals surface area contributed by atoms with Crippen LogP contribution in [0.1, 0.15) is 19.8 Å². The van der Waals surface area contributed by atoms with Crippen molar-refractivity contribution in [3.05, 3.63) is 24.3 Å². The van der Waals surface area contributed by atoms with Crippen LogP contribution in [0.25, 0.3) is 0 Å². The molecule has 1 aromatic heterocycles. The van der Waals surface area contributed by atoms with Crippen LogP contribution in [-0.4, -0.2) is 47.7 Å². The number of hydrogen-bond donors (Lipinski definition) is 2. The predicted octanol–water partition coefficient (Wildman–Crippen LogP) is 3.07. The normalized spacial score (nSPS) is 16.4. The Morgan fingerprint density at radius 1 is 1.42 bits per heavy atom. The number of aromatic nitrogens is 2. The zero-order valence-corrected chi connectivity index (χ0v) is 16.2. The fourth-order valence-electron chi connectivity index (χ4n) is 2.50. The van der Waals surface area contributed by atoms with E-state index in [9.17, 15) is 4.79 Å². The number of carbonyl (C=O) groups is 1. The molecule has 1 atom stereocenters. The first-order chi connectivity index (χ1) is 12.7. The Kier molecular flexibility index (Phi) is 7.10. The predicted molar refractivity (Wildman–Crippen MR) is 104 cm³/mol. The van der Waals surface area contributed by atoms with Gasteiger partial charge in [-0.15, -0.1) is 10.2 Å². The van der Waals surface area contributed by atoms with E-state index in [-0.39, 0.29) is 12.0 Å². The Balaban J connectivity index is 1.46. The molecule has 1 aliphatic rings. The first kappa shape index (κ1) is 18.9. The number of benzene rings is 1. The molecule has 1 aromatic carbocycles. The first-order valence-corrected chi connectivity index (χ1v) is 10.4. The third-order valence-electron chi connectivity index (χ3n) is 3.71. The zero-order valence-electron chi connectivity index (χ0n) is 14.6. The van der Waals surface area contributed by atoms with E-state index in [1.807, 2.05) is 31.2 Å². The maximum absolute atomic E-state index is 11.9. The van der Waals surface area contributed by atoms with Crippen molar-refractivity contribution in [3.8, 4) is 5.75 Å². The molecular formula is C17H22N4O3S2. The van der Waals surface area contributed by atoms with Crippen molar-refractivity contribution in [2.75, 3.05) is 30.8 Å². The molecule has 1 fully saturated rings. The number of rotatable bonds is 9. The number of thioether (sulfide) groups is 1. The lowest BCUT2D eigenvalue weighted by molar-refractivity contribution is -0.119. The minimum absolute atomic E-state index is 0.0168. The van der Waals surface area contributed by atoms with Crippen LogP contribution in [0, 0.1) is 0 Å². The van der Waals surface area contributed by atoms with Crippen molar-refractivity contribution in [3.63, 3.8) is 0 Å². The highest BCUT2D eigenvalue weighted by atomic mass is 32.2. The monoisotopic (exact) mass is 394 g/mol. The lowest BCUT2D eigenvalue weighted by Gasteiger charge is -2.10. The van der Waals surface area contributed by atoms with Gasteiger partial charge in [-0.3, -0.25) is 4.79 Å². The molecule has 2 heterocycles. The summed E-state index contributed by atoms with van der Waals surface area (Å²) in [5.74, 6) is 1.07. The van der Waals surface area contributed by atoms with E-state index in [1.54, 1.807) is 0 Å². The summed E-state index contributed by atoms with van der Waals surface area (Å²) in [5, 5.41) is 15.0. The molecule has 0 unspecified atom stereocenters. The quantitative estimate of drug-likeness (QED) is 0.632. The summed E-state index contributed by atoms with van der Waals surface area (Å²) in [6.07, 6.45) is 2.25. The van der Waals surface area contributed by atoms with Crippen molar-refractivity contribution in [1.82, 2.24) is 15.5 Å². The van der Waals surface area contributed by atoms with Crippen molar-refractivity contribution in [1.29, 1.82) is 0 Å². The van der Waals surface area contributed by atoms with Gasteiger partial charge in [0, 0.05) is 13.2 Å². The van der Waals surface area contributed by atoms with Gasteiger partial charge in [0.2, 0.25) is 11.0 Å². The first-order valence-electron chi connectivity index (χ1n) is 8.58. The second-order valence-corrected chi connectivity index (χ2v) is 7.86. The average Bonchev–Trinajstić information content (AvgIpc) is 3.32. The third-order valence-corrected chi connectivity index (χ3v) is 5.68. The van der Waals surface area contributed by atoms with Gasteiger partial charge in [0.05, 0.1) is 24.2 Å². The molecule has 0 bridgehead atoms. The van der Waals surface area contributed by atoms with Crippen molar-refractivity contribution in [2.45, 2.75) is 30.2 Å². The molecule has 1 aliphatic heterocycles. The van der Waals surface area contributed by atoms with Crippen LogP contribution < -0.4 is 15.4 Å². The maximum atomic E-state index is 11.9. The number of hydrogen-bond acceptors (Lipinski definition) is 8. The van der Waals surface area contributed by atoms with Crippen LogP contribution in [0.2, 0.25) is 0 Å². The van der Waals surface area contributed by atoms with Gasteiger partial charge in [0.25, 0.3) is 0 Å². The smallest absolute Gasteiger partial charge is 0.230 e. The van der Waals surface area contributed by atoms with E-state index in [4.69, 9.17) is 9.47 Å². The standard InChI is InChI=1S/C17H22N4O3S2/c1-2-23-14-8-4-3-7-13(14)19-16-20-21-17(26-16)25-11-15(22)18-10-12-6-5-9-24-12/h3-4,7-8,12H,2,5-6,9-11H2,1H3,(H,18,22)(H,19,20)/t12-/m1/s1. The molecule has 2 N–H and O–H groups in total. The molecule has 0 radical (unpaired) electrons. The molecule has 0 spiro atoms. The number of amides is 1. The Bertz CT molecular complexity index is 720. The maximum Gasteiger partial charge on any atom is 0.230 e. The molecule has 0 aliphatic carbocycles. The van der Waals surface area contributed by atoms with Crippen LogP contribution in [0.4, 0.5) is 10.8 Å². The van der Waals surface area contributed by atoms with Crippen molar-refractivity contribution < 1.29 is 14.3 Å². The molecule has 9 heteroatoms. The Hall–Kier alpha value is -1.84. The highest BCUT2D eigenvalue weighted by Gasteiger charge is 2.16. The number of nitrogens with zero attached hydrogens (tertiary/aromatic N) is 2. The molecular weight excluding hydrogens is 372 g/mol. The van der Waals surface area contributed by atoms with Gasteiger partial charge < -0.3 is 20.1 Å². The minimum Gasteiger partial charge on any atom is -0.492 e. The van der Waals surface area contributed by atoms with Gasteiger partial charge >= 0.3 is 0 Å². The number of carbonyl (C=O) groups excluding carboxylic acids is 1. The summed E-state index contributed by atoms with van der Waals surface area (Å²) in [6.45, 7) is 3.91. The average molecular weight is 395 g/mol. The van der Waals surface area contributed by atoms with E-state index < -0.39 is 0 Å². The van der Waals surface area contributed by atoms with E-state index >= 15 is 0 Å². The van der Waals surface area contributed by atoms with Crippen LogP contribution in [-0.2, 0) is 9.53 Å². The summed E-state index contributed by atoms with van der Waals surface area (Å²) >= 11 is 2.79. The number of nitrogens with one attached hydrogen (secondary N) is 2. The molecule has 2 aromatic rings. The Morgan fingerprint density at radius 3 is 3.12 bits per heavy atom. The molecule has 1 amide bonds. The van der Waals surface area contributed by atoms with E-state index in [0.29, 0.717) is 24.0 Å². The summed E-state index contributed by atoms with van der Waals surface area (Å²) in [4.78, 5) is 11.9. The molecule has 26 heavy (non-hydrogen) atoms. The van der Waals surface area contributed by atoms with Crippen LogP contribution in [0.3, 0.4) is 0 Å². The summed E-state index contributed by atoms with van der Waals surface area (Å²) in [7, 11) is 0. The summed E-state index contributed by atoms with van der Waals surface area (Å²) in [5.41, 5.74) is 0.844. The summed E-state index contributed by atoms with van der Waals surface area (Å²) in [6, 6.07) is 7.69. The van der Waals surface area contributed by atoms with Gasteiger partial charge in [0.15, 0.2) is 4.34 Å². The lowest BCUT2D eigenvalue weighted by atomic mass is 10.2. The lowest BCUT2D eigenvalue weighted by Crippen LogP contribution is -2.32. The molecule has 3 rings (SSSR count). The highest BCUT2D eigenvalue weighted by molar-refractivity contribution is 8.01. The SMILES string of the molecule is CCOc1ccccc1Nc1nnc(SCC(=O)NC[C@H]2CCCO2)s1. The fourth-order valence-corrected chi connectivity index (χ4v) is 4.09. The second kappa shape index (κ2) is 9.75. The van der Waals surface area contributed by atoms with Crippen LogP contribution >= 0.6 is 23.1 Å². The Morgan fingerprint density at radius 2 is 2.31 bits per heavy atom. The van der Waals surface area contributed by atoms with Gasteiger partial charge in [0.1, 0.15) is 5.75 Å². The molecule has 0 saturated carbocycles. The fraction of sp³-hybridized carbons (Fsp3) is 0.471. The number of para-hydroxylation sites is 2. The minimum atomic E-state index is -0.0168. The van der Waals surface area contributed by atoms with Gasteiger partial charge in [-0.2, -0.15) is 0 Å². The van der Waals surface area contributed by atoms with Crippen molar-refractivity contribution in [2.24, 2.45) is 0 Å². The molecule has 1 saturated heterocycles. The zero-order chi connectivity index (χ0) is 18.2. The number of anilines is 2. The van der Waals surface area contributed by atoms with E-state index in [0.717, 1.165) is 35.2 Å². The third kappa shape index (κ3) is 5.58. The Labute approximate surface area is 160 Å². The number of ether oxygens (including phenoxy) is 2. The summed E-state index contributed by atoms with van der Waals surface area (Å²) < 4.78 is 11.8. The van der Waals surface area contributed by atoms with Crippen LogP contribution in [0.5, 0.6) is 5.75 Å². The van der Waals surface area contributed by atoms with E-state index in [2.05, 4.69) is 20.8 Å².